The summed E-state index contributed by atoms with van der Waals surface area (Å²) in [7, 11) is 0. The largest absolute Gasteiger partial charge is 0.486 e. The molecule has 0 saturated heterocycles. The van der Waals surface area contributed by atoms with Gasteiger partial charge in [0.05, 0.1) is 5.25 Å². The molecular weight excluding hydrogens is 438 g/mol. The lowest BCUT2D eigenvalue weighted by molar-refractivity contribution is 0.0979. The number of nitrogens with zero attached hydrogens (tertiary/aromatic N) is 3. The van der Waals surface area contributed by atoms with Crippen LogP contribution in [-0.4, -0.2) is 25.8 Å². The van der Waals surface area contributed by atoms with Crippen molar-refractivity contribution in [3.05, 3.63) is 70.0 Å². The molecule has 0 unspecified atom stereocenters. The summed E-state index contributed by atoms with van der Waals surface area (Å²) in [5.41, 5.74) is 1.98. The lowest BCUT2D eigenvalue weighted by Gasteiger charge is -2.22. The highest BCUT2D eigenvalue weighted by Gasteiger charge is 2.29. The number of Topliss-reactive ketones (excluding diaryl/α,β-unsaturated/α-hetero) is 1. The maximum absolute atomic E-state index is 12.9. The molecule has 0 spiro atoms. The van der Waals surface area contributed by atoms with Gasteiger partial charge in [-0.2, -0.15) is 0 Å². The summed E-state index contributed by atoms with van der Waals surface area (Å²) in [6.07, 6.45) is 1.74. The van der Waals surface area contributed by atoms with Crippen LogP contribution >= 0.6 is 27.7 Å². The number of hydrogen-bond acceptors (Lipinski definition) is 5. The number of carbonyl (C=O) groups excluding carboxylic acids is 1. The Labute approximate surface area is 176 Å². The number of carbonyl (C=O) groups is 1. The summed E-state index contributed by atoms with van der Waals surface area (Å²) >= 11 is 4.93. The van der Waals surface area contributed by atoms with Gasteiger partial charge in [-0.15, -0.1) is 10.2 Å². The first kappa shape index (κ1) is 19.2. The van der Waals surface area contributed by atoms with Crippen LogP contribution in [0.25, 0.3) is 0 Å². The van der Waals surface area contributed by atoms with Crippen molar-refractivity contribution >= 4 is 33.5 Å². The molecule has 1 aliphatic carbocycles. The van der Waals surface area contributed by atoms with Gasteiger partial charge in [0.1, 0.15) is 12.4 Å². The molecule has 1 aliphatic rings. The van der Waals surface area contributed by atoms with Gasteiger partial charge in [0.15, 0.2) is 16.8 Å². The lowest BCUT2D eigenvalue weighted by Crippen LogP contribution is -2.25. The summed E-state index contributed by atoms with van der Waals surface area (Å²) < 4.78 is 8.87. The van der Waals surface area contributed by atoms with Crippen LogP contribution in [0.5, 0.6) is 5.75 Å². The van der Waals surface area contributed by atoms with Crippen LogP contribution in [0.15, 0.2) is 58.2 Å². The van der Waals surface area contributed by atoms with E-state index in [2.05, 4.69) is 33.1 Å². The first-order valence-electron chi connectivity index (χ1n) is 9.25. The van der Waals surface area contributed by atoms with Crippen LogP contribution in [-0.2, 0) is 19.6 Å². The van der Waals surface area contributed by atoms with Gasteiger partial charge in [0, 0.05) is 16.6 Å². The number of ketones is 1. The lowest BCUT2D eigenvalue weighted by atomic mass is 9.90. The smallest absolute Gasteiger partial charge is 0.192 e. The number of ether oxygens (including phenoxy) is 1. The molecule has 0 radical (unpaired) electrons. The average Bonchev–Trinajstić information content (AvgIpc) is 3.11. The normalized spacial score (nSPS) is 16.1. The number of aromatic nitrogens is 3. The first-order valence-corrected chi connectivity index (χ1v) is 10.9. The summed E-state index contributed by atoms with van der Waals surface area (Å²) in [6, 6.07) is 15.6. The van der Waals surface area contributed by atoms with Crippen molar-refractivity contribution in [1.82, 2.24) is 14.8 Å². The Morgan fingerprint density at radius 1 is 1.18 bits per heavy atom. The minimum Gasteiger partial charge on any atom is -0.486 e. The van der Waals surface area contributed by atoms with Crippen molar-refractivity contribution in [2.24, 2.45) is 0 Å². The topological polar surface area (TPSA) is 57.0 Å². The number of rotatable bonds is 6. The Balaban J connectivity index is 1.47. The average molecular weight is 458 g/mol. The van der Waals surface area contributed by atoms with Crippen molar-refractivity contribution in [1.29, 1.82) is 0 Å². The van der Waals surface area contributed by atoms with E-state index in [4.69, 9.17) is 4.74 Å². The number of hydrogen-bond donors (Lipinski definition) is 0. The Bertz CT molecular complexity index is 988. The van der Waals surface area contributed by atoms with Crippen molar-refractivity contribution in [3.8, 4) is 5.75 Å². The minimum absolute atomic E-state index is 0.121. The van der Waals surface area contributed by atoms with Gasteiger partial charge in [-0.1, -0.05) is 52.0 Å². The van der Waals surface area contributed by atoms with E-state index in [0.717, 1.165) is 51.7 Å². The van der Waals surface area contributed by atoms with Crippen LogP contribution in [0.3, 0.4) is 0 Å². The van der Waals surface area contributed by atoms with E-state index in [0.29, 0.717) is 6.61 Å². The zero-order chi connectivity index (χ0) is 19.5. The van der Waals surface area contributed by atoms with Gasteiger partial charge in [0.25, 0.3) is 0 Å². The van der Waals surface area contributed by atoms with Gasteiger partial charge in [-0.25, -0.2) is 0 Å². The fourth-order valence-corrected chi connectivity index (χ4v) is 4.76. The van der Waals surface area contributed by atoms with Gasteiger partial charge < -0.3 is 9.30 Å². The molecular formula is C21H20BrN3O2S. The van der Waals surface area contributed by atoms with E-state index in [1.165, 1.54) is 11.8 Å². The molecule has 0 aliphatic heterocycles. The molecule has 1 atom stereocenters. The third-order valence-corrected chi connectivity index (χ3v) is 6.57. The molecule has 0 amide bonds. The summed E-state index contributed by atoms with van der Waals surface area (Å²) in [4.78, 5) is 12.9. The third kappa shape index (κ3) is 4.00. The van der Waals surface area contributed by atoms with Crippen molar-refractivity contribution < 1.29 is 9.53 Å². The van der Waals surface area contributed by atoms with Crippen LogP contribution in [0.4, 0.5) is 0 Å². The fourth-order valence-electron chi connectivity index (χ4n) is 3.32. The molecule has 1 aromatic heterocycles. The number of thioether (sulfide) groups is 1. The predicted octanol–water partition coefficient (Wildman–Crippen LogP) is 4.93. The van der Waals surface area contributed by atoms with E-state index in [-0.39, 0.29) is 11.0 Å². The molecule has 4 rings (SSSR count). The van der Waals surface area contributed by atoms with E-state index in [1.807, 2.05) is 53.1 Å². The highest BCUT2D eigenvalue weighted by Crippen LogP contribution is 2.33. The predicted molar refractivity (Wildman–Crippen MR) is 113 cm³/mol. The molecule has 28 heavy (non-hydrogen) atoms. The molecule has 7 heteroatoms. The monoisotopic (exact) mass is 457 g/mol. The molecule has 144 valence electrons. The third-order valence-electron chi connectivity index (χ3n) is 4.79. The maximum atomic E-state index is 12.9. The summed E-state index contributed by atoms with van der Waals surface area (Å²) in [5, 5.41) is 9.29. The van der Waals surface area contributed by atoms with Gasteiger partial charge in [-0.05, 0) is 49.6 Å². The number of benzene rings is 2. The Kier molecular flexibility index (Phi) is 5.82. The maximum Gasteiger partial charge on any atom is 0.192 e. The zero-order valence-electron chi connectivity index (χ0n) is 15.5. The Morgan fingerprint density at radius 3 is 2.75 bits per heavy atom. The molecule has 3 aromatic rings. The molecule has 1 heterocycles. The molecule has 0 N–H and O–H groups in total. The summed E-state index contributed by atoms with van der Waals surface area (Å²) in [5.74, 6) is 1.73. The molecule has 2 aromatic carbocycles. The van der Waals surface area contributed by atoms with E-state index < -0.39 is 0 Å². The van der Waals surface area contributed by atoms with Crippen molar-refractivity contribution in [2.45, 2.75) is 43.3 Å². The van der Waals surface area contributed by atoms with E-state index >= 15 is 0 Å². The second-order valence-electron chi connectivity index (χ2n) is 6.55. The number of aryl methyl sites for hydroxylation is 1. The Morgan fingerprint density at radius 2 is 1.96 bits per heavy atom. The Hall–Kier alpha value is -2.12. The van der Waals surface area contributed by atoms with Crippen LogP contribution in [0, 0.1) is 0 Å². The molecule has 0 bridgehead atoms. The molecule has 5 nitrogen and oxygen atoms in total. The quantitative estimate of drug-likeness (QED) is 0.525. The van der Waals surface area contributed by atoms with Crippen LogP contribution < -0.4 is 4.74 Å². The number of halogens is 1. The standard InChI is InChI=1S/C21H20BrN3O2S/c1-2-25-19(13-27-16-10-8-15(22)9-11-16)23-24-21(25)28-18-12-7-14-5-3-4-6-17(14)20(18)26/h3-6,8-11,18H,2,7,12-13H2,1H3/t18-/m0/s1. The van der Waals surface area contributed by atoms with Crippen LogP contribution in [0.2, 0.25) is 0 Å². The van der Waals surface area contributed by atoms with Crippen molar-refractivity contribution in [3.63, 3.8) is 0 Å². The molecule has 0 saturated carbocycles. The highest BCUT2D eigenvalue weighted by atomic mass is 79.9. The SMILES string of the molecule is CCn1c(COc2ccc(Br)cc2)nnc1S[C@H]1CCc2ccccc2C1=O. The van der Waals surface area contributed by atoms with E-state index in [1.54, 1.807) is 0 Å². The van der Waals surface area contributed by atoms with Gasteiger partial charge >= 0.3 is 0 Å². The van der Waals surface area contributed by atoms with Gasteiger partial charge in [0.2, 0.25) is 0 Å². The van der Waals surface area contributed by atoms with Crippen molar-refractivity contribution in [2.75, 3.05) is 0 Å². The second-order valence-corrected chi connectivity index (χ2v) is 8.64. The fraction of sp³-hybridized carbons (Fsp3) is 0.286. The first-order chi connectivity index (χ1) is 13.7. The van der Waals surface area contributed by atoms with Crippen LogP contribution in [0.1, 0.15) is 35.1 Å². The molecule has 0 fully saturated rings. The zero-order valence-corrected chi connectivity index (χ0v) is 17.9. The number of fused-ring (bicyclic) bond motifs is 1. The highest BCUT2D eigenvalue weighted by molar-refractivity contribution is 9.10. The second kappa shape index (κ2) is 8.49. The van der Waals surface area contributed by atoms with Gasteiger partial charge in [-0.3, -0.25) is 4.79 Å². The minimum atomic E-state index is -0.121. The summed E-state index contributed by atoms with van der Waals surface area (Å²) in [6.45, 7) is 3.12. The van der Waals surface area contributed by atoms with E-state index in [9.17, 15) is 4.79 Å².